The van der Waals surface area contributed by atoms with E-state index in [1.165, 1.54) is 12.3 Å². The van der Waals surface area contributed by atoms with E-state index in [4.69, 9.17) is 5.73 Å². The second-order valence-electron chi connectivity index (χ2n) is 3.84. The Bertz CT molecular complexity index is 516. The van der Waals surface area contributed by atoms with Gasteiger partial charge in [0.25, 0.3) is 0 Å². The van der Waals surface area contributed by atoms with Crippen molar-refractivity contribution in [3.8, 4) is 0 Å². The Balaban J connectivity index is 2.17. The lowest BCUT2D eigenvalue weighted by molar-refractivity contribution is 0.610. The molecule has 2 nitrogen and oxygen atoms in total. The summed E-state index contributed by atoms with van der Waals surface area (Å²) in [5.41, 5.74) is 7.85. The van der Waals surface area contributed by atoms with Crippen molar-refractivity contribution in [3.63, 3.8) is 0 Å². The minimum absolute atomic E-state index is 0.253. The first-order valence-electron chi connectivity index (χ1n) is 5.26. The third kappa shape index (κ3) is 3.11. The quantitative estimate of drug-likeness (QED) is 0.944. The lowest BCUT2D eigenvalue weighted by Crippen LogP contribution is -2.14. The zero-order chi connectivity index (χ0) is 12.3. The highest BCUT2D eigenvalue weighted by atomic mass is 79.9. The molecule has 1 unspecified atom stereocenters. The van der Waals surface area contributed by atoms with Gasteiger partial charge in [-0.25, -0.2) is 4.39 Å². The molecule has 1 aromatic heterocycles. The van der Waals surface area contributed by atoms with Crippen molar-refractivity contribution < 1.29 is 4.39 Å². The van der Waals surface area contributed by atoms with Gasteiger partial charge in [-0.05, 0) is 29.7 Å². The highest BCUT2D eigenvalue weighted by Crippen LogP contribution is 2.22. The molecule has 1 aromatic carbocycles. The number of nitrogens with zero attached hydrogens (tertiary/aromatic N) is 1. The summed E-state index contributed by atoms with van der Waals surface area (Å²) in [6.07, 6.45) is 3.42. The van der Waals surface area contributed by atoms with Crippen molar-refractivity contribution in [3.05, 3.63) is 64.1 Å². The number of halogens is 2. The zero-order valence-corrected chi connectivity index (χ0v) is 10.7. The van der Waals surface area contributed by atoms with E-state index in [-0.39, 0.29) is 11.9 Å². The predicted molar refractivity (Wildman–Crippen MR) is 69.0 cm³/mol. The molecule has 0 fully saturated rings. The van der Waals surface area contributed by atoms with Crippen LogP contribution in [0.1, 0.15) is 17.2 Å². The first-order chi connectivity index (χ1) is 8.16. The second kappa shape index (κ2) is 5.38. The molecule has 4 heteroatoms. The van der Waals surface area contributed by atoms with Gasteiger partial charge in [-0.1, -0.05) is 34.1 Å². The number of aromatic nitrogens is 1. The molecule has 0 aliphatic carbocycles. The number of rotatable bonds is 3. The van der Waals surface area contributed by atoms with Crippen LogP contribution < -0.4 is 5.73 Å². The minimum atomic E-state index is -0.356. The number of hydrogen-bond donors (Lipinski definition) is 1. The van der Waals surface area contributed by atoms with Crippen molar-refractivity contribution in [1.29, 1.82) is 0 Å². The summed E-state index contributed by atoms with van der Waals surface area (Å²) in [6, 6.07) is 9.04. The standard InChI is InChI=1S/C13H12BrFN2/c14-12-4-2-1-3-9(12)6-13(16)10-5-11(15)8-17-7-10/h1-5,7-8,13H,6,16H2. The maximum absolute atomic E-state index is 13.0. The van der Waals surface area contributed by atoms with Crippen LogP contribution in [0.5, 0.6) is 0 Å². The topological polar surface area (TPSA) is 38.9 Å². The molecular weight excluding hydrogens is 283 g/mol. The van der Waals surface area contributed by atoms with E-state index in [1.807, 2.05) is 24.3 Å². The molecule has 2 rings (SSSR count). The minimum Gasteiger partial charge on any atom is -0.324 e. The van der Waals surface area contributed by atoms with E-state index in [0.29, 0.717) is 12.0 Å². The van der Waals surface area contributed by atoms with Crippen LogP contribution in [0.2, 0.25) is 0 Å². The molecule has 0 spiro atoms. The molecule has 17 heavy (non-hydrogen) atoms. The van der Waals surface area contributed by atoms with E-state index in [9.17, 15) is 4.39 Å². The predicted octanol–water partition coefficient (Wildman–Crippen LogP) is 3.23. The Labute approximate surface area is 108 Å². The van der Waals surface area contributed by atoms with Gasteiger partial charge >= 0.3 is 0 Å². The molecule has 0 aliphatic rings. The summed E-state index contributed by atoms with van der Waals surface area (Å²) in [4.78, 5) is 3.80. The summed E-state index contributed by atoms with van der Waals surface area (Å²) in [5, 5.41) is 0. The van der Waals surface area contributed by atoms with Gasteiger partial charge in [0.05, 0.1) is 6.20 Å². The van der Waals surface area contributed by atoms with E-state index >= 15 is 0 Å². The molecule has 0 saturated heterocycles. The van der Waals surface area contributed by atoms with Gasteiger partial charge in [0.1, 0.15) is 5.82 Å². The molecule has 0 amide bonds. The third-order valence-electron chi connectivity index (χ3n) is 2.55. The number of nitrogens with two attached hydrogens (primary N) is 1. The van der Waals surface area contributed by atoms with Crippen molar-refractivity contribution >= 4 is 15.9 Å². The number of pyridine rings is 1. The Morgan fingerprint density at radius 2 is 2.06 bits per heavy atom. The van der Waals surface area contributed by atoms with Crippen LogP contribution in [-0.2, 0) is 6.42 Å². The highest BCUT2D eigenvalue weighted by molar-refractivity contribution is 9.10. The Morgan fingerprint density at radius 1 is 1.29 bits per heavy atom. The van der Waals surface area contributed by atoms with E-state index in [0.717, 1.165) is 10.0 Å². The van der Waals surface area contributed by atoms with E-state index in [2.05, 4.69) is 20.9 Å². The third-order valence-corrected chi connectivity index (χ3v) is 3.33. The van der Waals surface area contributed by atoms with Gasteiger partial charge in [0.15, 0.2) is 0 Å². The van der Waals surface area contributed by atoms with Gasteiger partial charge in [-0.3, -0.25) is 4.98 Å². The largest absolute Gasteiger partial charge is 0.324 e. The first kappa shape index (κ1) is 12.2. The summed E-state index contributed by atoms with van der Waals surface area (Å²) in [5.74, 6) is -0.356. The van der Waals surface area contributed by atoms with Crippen LogP contribution >= 0.6 is 15.9 Å². The Morgan fingerprint density at radius 3 is 2.76 bits per heavy atom. The molecule has 2 aromatic rings. The zero-order valence-electron chi connectivity index (χ0n) is 9.11. The van der Waals surface area contributed by atoms with Crippen molar-refractivity contribution in [2.75, 3.05) is 0 Å². The Kier molecular flexibility index (Phi) is 3.86. The molecule has 0 radical (unpaired) electrons. The van der Waals surface area contributed by atoms with Crippen LogP contribution in [0.3, 0.4) is 0 Å². The van der Waals surface area contributed by atoms with Gasteiger partial charge in [-0.15, -0.1) is 0 Å². The normalized spacial score (nSPS) is 12.4. The maximum atomic E-state index is 13.0. The summed E-state index contributed by atoms with van der Waals surface area (Å²) < 4.78 is 14.0. The van der Waals surface area contributed by atoms with Crippen molar-refractivity contribution in [1.82, 2.24) is 4.98 Å². The lowest BCUT2D eigenvalue weighted by Gasteiger charge is -2.12. The average molecular weight is 295 g/mol. The average Bonchev–Trinajstić information content (AvgIpc) is 2.32. The summed E-state index contributed by atoms with van der Waals surface area (Å²) in [6.45, 7) is 0. The molecule has 1 heterocycles. The summed E-state index contributed by atoms with van der Waals surface area (Å²) >= 11 is 3.47. The van der Waals surface area contributed by atoms with Crippen LogP contribution in [0.15, 0.2) is 47.2 Å². The molecular formula is C13H12BrFN2. The van der Waals surface area contributed by atoms with Crippen LogP contribution in [0.4, 0.5) is 4.39 Å². The smallest absolute Gasteiger partial charge is 0.141 e. The number of hydrogen-bond acceptors (Lipinski definition) is 2. The SMILES string of the molecule is NC(Cc1ccccc1Br)c1cncc(F)c1. The van der Waals surface area contributed by atoms with E-state index < -0.39 is 0 Å². The maximum Gasteiger partial charge on any atom is 0.141 e. The molecule has 0 bridgehead atoms. The van der Waals surface area contributed by atoms with Gasteiger partial charge in [0, 0.05) is 16.7 Å². The van der Waals surface area contributed by atoms with Crippen LogP contribution in [-0.4, -0.2) is 4.98 Å². The molecule has 2 N–H and O–H groups in total. The van der Waals surface area contributed by atoms with E-state index in [1.54, 1.807) is 6.20 Å². The Hall–Kier alpha value is -1.26. The fourth-order valence-corrected chi connectivity index (χ4v) is 2.10. The van der Waals surface area contributed by atoms with Crippen molar-refractivity contribution in [2.24, 2.45) is 5.73 Å². The van der Waals surface area contributed by atoms with Crippen molar-refractivity contribution in [2.45, 2.75) is 12.5 Å². The lowest BCUT2D eigenvalue weighted by atomic mass is 10.0. The molecule has 88 valence electrons. The summed E-state index contributed by atoms with van der Waals surface area (Å²) in [7, 11) is 0. The van der Waals surface area contributed by atoms with Gasteiger partial charge < -0.3 is 5.73 Å². The molecule has 0 saturated carbocycles. The molecule has 0 aliphatic heterocycles. The first-order valence-corrected chi connectivity index (χ1v) is 6.05. The molecule has 1 atom stereocenters. The fourth-order valence-electron chi connectivity index (χ4n) is 1.65. The number of benzene rings is 1. The van der Waals surface area contributed by atoms with Gasteiger partial charge in [-0.2, -0.15) is 0 Å². The second-order valence-corrected chi connectivity index (χ2v) is 4.69. The fraction of sp³-hybridized carbons (Fsp3) is 0.154. The monoisotopic (exact) mass is 294 g/mol. The van der Waals surface area contributed by atoms with Gasteiger partial charge in [0.2, 0.25) is 0 Å². The highest BCUT2D eigenvalue weighted by Gasteiger charge is 2.10. The van der Waals surface area contributed by atoms with Crippen LogP contribution in [0.25, 0.3) is 0 Å². The van der Waals surface area contributed by atoms with Crippen LogP contribution in [0, 0.1) is 5.82 Å².